The Balaban J connectivity index is 1.47. The van der Waals surface area contributed by atoms with Crippen molar-refractivity contribution in [1.29, 1.82) is 0 Å². The molecule has 0 unspecified atom stereocenters. The minimum atomic E-state index is -1.26. The molecule has 0 bridgehead atoms. The van der Waals surface area contributed by atoms with Crippen LogP contribution in [0.4, 0.5) is 0 Å². The molecule has 3 amide bonds. The largest absolute Gasteiger partial charge is 0.497 e. The molecular formula is C31H44N4O8. The Morgan fingerprint density at radius 3 is 2.26 bits per heavy atom. The Bertz CT molecular complexity index is 1160. The molecule has 2 fully saturated rings. The van der Waals surface area contributed by atoms with Gasteiger partial charge in [-0.3, -0.25) is 24.1 Å². The van der Waals surface area contributed by atoms with Crippen molar-refractivity contribution in [2.24, 2.45) is 0 Å². The van der Waals surface area contributed by atoms with E-state index in [2.05, 4.69) is 22.0 Å². The van der Waals surface area contributed by atoms with Gasteiger partial charge >= 0.3 is 0 Å². The number of ether oxygens (including phenoxy) is 3. The van der Waals surface area contributed by atoms with E-state index in [1.165, 1.54) is 0 Å². The van der Waals surface area contributed by atoms with Crippen LogP contribution in [0.1, 0.15) is 44.6 Å². The molecule has 0 radical (unpaired) electrons. The molecule has 1 aromatic rings. The molecule has 12 nitrogen and oxygen atoms in total. The molecular weight excluding hydrogens is 556 g/mol. The fraction of sp³-hybridized carbons (Fsp3) is 0.613. The molecule has 2 heterocycles. The zero-order valence-corrected chi connectivity index (χ0v) is 25.1. The van der Waals surface area contributed by atoms with E-state index in [9.17, 15) is 24.3 Å². The second-order valence-electron chi connectivity index (χ2n) is 11.6. The van der Waals surface area contributed by atoms with Crippen molar-refractivity contribution >= 4 is 23.5 Å². The highest BCUT2D eigenvalue weighted by Gasteiger charge is 2.50. The Morgan fingerprint density at radius 1 is 0.977 bits per heavy atom. The molecule has 0 spiro atoms. The molecule has 1 aliphatic carbocycles. The van der Waals surface area contributed by atoms with E-state index in [0.29, 0.717) is 45.1 Å². The van der Waals surface area contributed by atoms with Crippen LogP contribution in [0, 0.1) is 0 Å². The van der Waals surface area contributed by atoms with Crippen molar-refractivity contribution in [3.05, 3.63) is 41.5 Å². The van der Waals surface area contributed by atoms with E-state index < -0.39 is 48.1 Å². The van der Waals surface area contributed by atoms with Gasteiger partial charge in [0.2, 0.25) is 17.7 Å². The molecule has 0 aromatic heterocycles. The lowest BCUT2D eigenvalue weighted by Gasteiger charge is -2.28. The molecule has 43 heavy (non-hydrogen) atoms. The summed E-state index contributed by atoms with van der Waals surface area (Å²) < 4.78 is 15.9. The number of aliphatic hydroxyl groups excluding tert-OH is 1. The van der Waals surface area contributed by atoms with Gasteiger partial charge in [0.25, 0.3) is 0 Å². The Labute approximate surface area is 252 Å². The zero-order valence-electron chi connectivity index (χ0n) is 25.1. The summed E-state index contributed by atoms with van der Waals surface area (Å²) in [5.41, 5.74) is 0.927. The van der Waals surface area contributed by atoms with Gasteiger partial charge in [0.1, 0.15) is 23.4 Å². The van der Waals surface area contributed by atoms with Gasteiger partial charge in [-0.15, -0.1) is 0 Å². The van der Waals surface area contributed by atoms with Crippen LogP contribution < -0.4 is 20.7 Å². The van der Waals surface area contributed by atoms with Crippen LogP contribution in [-0.2, 0) is 35.1 Å². The first-order valence-electron chi connectivity index (χ1n) is 15.0. The van der Waals surface area contributed by atoms with Crippen LogP contribution in [0.25, 0.3) is 0 Å². The van der Waals surface area contributed by atoms with Crippen LogP contribution in [0.5, 0.6) is 5.75 Å². The van der Waals surface area contributed by atoms with E-state index in [0.717, 1.165) is 36.8 Å². The second kappa shape index (κ2) is 15.4. The minimum absolute atomic E-state index is 0.0589. The number of amides is 3. The second-order valence-corrected chi connectivity index (χ2v) is 11.6. The first-order chi connectivity index (χ1) is 20.7. The van der Waals surface area contributed by atoms with Gasteiger partial charge in [-0.1, -0.05) is 23.8 Å². The molecule has 4 N–H and O–H groups in total. The van der Waals surface area contributed by atoms with Gasteiger partial charge in [-0.05, 0) is 56.7 Å². The van der Waals surface area contributed by atoms with Gasteiger partial charge in [0, 0.05) is 19.5 Å². The van der Waals surface area contributed by atoms with Gasteiger partial charge in [-0.2, -0.15) is 0 Å². The van der Waals surface area contributed by atoms with Crippen molar-refractivity contribution in [3.63, 3.8) is 0 Å². The van der Waals surface area contributed by atoms with E-state index in [1.54, 1.807) is 38.3 Å². The maximum absolute atomic E-state index is 13.8. The molecule has 0 saturated carbocycles. The van der Waals surface area contributed by atoms with Crippen LogP contribution in [0.15, 0.2) is 35.9 Å². The van der Waals surface area contributed by atoms with Gasteiger partial charge in [0.15, 0.2) is 5.78 Å². The standard InChI is InChI=1S/C31H44N4O8/c1-31(20-43-31)28(38)24(16-21-6-4-3-5-7-21)33-29(39)25(17-22-8-10-23(41-2)11-9-22)34-30(40)26(19-36)32-27(37)18-35-12-14-42-15-13-35/h6,8-11,24-26,36H,3-5,7,12-20H2,1-2H3,(H,32,37)(H,33,39)(H,34,40)/t24-,25-,26-,31-/m0/s1. The summed E-state index contributed by atoms with van der Waals surface area (Å²) in [5.74, 6) is -1.23. The monoisotopic (exact) mass is 600 g/mol. The number of carbonyl (C=O) groups is 4. The molecule has 3 aliphatic rings. The van der Waals surface area contributed by atoms with Crippen molar-refractivity contribution in [3.8, 4) is 5.75 Å². The van der Waals surface area contributed by atoms with Crippen LogP contribution >= 0.6 is 0 Å². The number of methoxy groups -OCH3 is 1. The number of Topliss-reactive ketones (excluding diaryl/α,β-unsaturated/α-hetero) is 1. The van der Waals surface area contributed by atoms with Crippen molar-refractivity contribution in [2.45, 2.75) is 69.2 Å². The molecule has 4 rings (SSSR count). The SMILES string of the molecule is COc1ccc(C[C@H](NC(=O)[C@H](CO)NC(=O)CN2CCOCC2)C(=O)N[C@@H](CC2=CCCCC2)C(=O)[C@]2(C)CO2)cc1. The summed E-state index contributed by atoms with van der Waals surface area (Å²) in [7, 11) is 1.55. The lowest BCUT2D eigenvalue weighted by molar-refractivity contribution is -0.135. The Kier molecular flexibility index (Phi) is 11.7. The topological polar surface area (TPSA) is 159 Å². The van der Waals surface area contributed by atoms with E-state index in [4.69, 9.17) is 14.2 Å². The Morgan fingerprint density at radius 2 is 1.65 bits per heavy atom. The molecule has 2 saturated heterocycles. The van der Waals surface area contributed by atoms with Gasteiger partial charge < -0.3 is 35.3 Å². The van der Waals surface area contributed by atoms with Crippen molar-refractivity contribution in [2.75, 3.05) is 53.2 Å². The smallest absolute Gasteiger partial charge is 0.245 e. The number of epoxide rings is 1. The highest BCUT2D eigenvalue weighted by Crippen LogP contribution is 2.31. The summed E-state index contributed by atoms with van der Waals surface area (Å²) in [6.07, 6.45) is 6.56. The number of hydrogen-bond donors (Lipinski definition) is 4. The first-order valence-corrected chi connectivity index (χ1v) is 15.0. The van der Waals surface area contributed by atoms with Crippen LogP contribution in [0.3, 0.4) is 0 Å². The molecule has 4 atom stereocenters. The number of nitrogens with zero attached hydrogens (tertiary/aromatic N) is 1. The average molecular weight is 601 g/mol. The summed E-state index contributed by atoms with van der Waals surface area (Å²) >= 11 is 0. The number of carbonyl (C=O) groups excluding carboxylic acids is 4. The summed E-state index contributed by atoms with van der Waals surface area (Å²) in [6.45, 7) is 3.64. The van der Waals surface area contributed by atoms with E-state index in [-0.39, 0.29) is 18.7 Å². The molecule has 2 aliphatic heterocycles. The number of benzene rings is 1. The Hall–Kier alpha value is -3.32. The fourth-order valence-corrected chi connectivity index (χ4v) is 5.33. The van der Waals surface area contributed by atoms with Crippen LogP contribution in [-0.4, -0.2) is 110 Å². The predicted molar refractivity (Wildman–Crippen MR) is 157 cm³/mol. The lowest BCUT2D eigenvalue weighted by atomic mass is 9.89. The van der Waals surface area contributed by atoms with Crippen molar-refractivity contribution < 1.29 is 38.5 Å². The van der Waals surface area contributed by atoms with Gasteiger partial charge in [-0.25, -0.2) is 0 Å². The lowest BCUT2D eigenvalue weighted by Crippen LogP contribution is -2.58. The zero-order chi connectivity index (χ0) is 30.8. The number of morpholine rings is 1. The number of rotatable bonds is 15. The third-order valence-electron chi connectivity index (χ3n) is 8.12. The quantitative estimate of drug-likeness (QED) is 0.164. The molecule has 236 valence electrons. The van der Waals surface area contributed by atoms with Crippen LogP contribution in [0.2, 0.25) is 0 Å². The predicted octanol–water partition coefficient (Wildman–Crippen LogP) is 0.265. The average Bonchev–Trinajstić information content (AvgIpc) is 3.78. The number of aliphatic hydroxyl groups is 1. The maximum atomic E-state index is 13.8. The summed E-state index contributed by atoms with van der Waals surface area (Å²) in [4.78, 5) is 55.0. The molecule has 1 aromatic carbocycles. The summed E-state index contributed by atoms with van der Waals surface area (Å²) in [6, 6.07) is 3.91. The van der Waals surface area contributed by atoms with E-state index in [1.807, 2.05) is 4.90 Å². The highest BCUT2D eigenvalue weighted by molar-refractivity contribution is 5.98. The fourth-order valence-electron chi connectivity index (χ4n) is 5.33. The van der Waals surface area contributed by atoms with Gasteiger partial charge in [0.05, 0.1) is 46.1 Å². The third kappa shape index (κ3) is 9.59. The van der Waals surface area contributed by atoms with E-state index >= 15 is 0 Å². The maximum Gasteiger partial charge on any atom is 0.245 e. The number of ketones is 1. The minimum Gasteiger partial charge on any atom is -0.497 e. The molecule has 12 heteroatoms. The number of nitrogens with one attached hydrogen (secondary N) is 3. The normalized spacial score (nSPS) is 22.3. The third-order valence-corrected chi connectivity index (χ3v) is 8.12. The number of hydrogen-bond acceptors (Lipinski definition) is 9. The first kappa shape index (κ1) is 32.6. The summed E-state index contributed by atoms with van der Waals surface area (Å²) in [5, 5.41) is 18.1. The highest BCUT2D eigenvalue weighted by atomic mass is 16.6. The number of allylic oxidation sites excluding steroid dienone is 1. The van der Waals surface area contributed by atoms with Crippen molar-refractivity contribution in [1.82, 2.24) is 20.9 Å².